The first-order chi connectivity index (χ1) is 9.29. The zero-order valence-corrected chi connectivity index (χ0v) is 11.0. The molecule has 5 heteroatoms. The Kier molecular flexibility index (Phi) is 3.11. The SMILES string of the molecule is CCN/N=C/c1ccc2[nH]c(=O)n(C3CCC3)c2c1. The second kappa shape index (κ2) is 4.91. The topological polar surface area (TPSA) is 62.2 Å². The first-order valence-electron chi connectivity index (χ1n) is 6.80. The Labute approximate surface area is 111 Å². The van der Waals surface area contributed by atoms with E-state index < -0.39 is 0 Å². The molecule has 1 heterocycles. The molecular formula is C14H18N4O. The molecule has 0 aliphatic heterocycles. The van der Waals surface area contributed by atoms with Gasteiger partial charge in [0.2, 0.25) is 0 Å². The van der Waals surface area contributed by atoms with Crippen molar-refractivity contribution in [3.63, 3.8) is 0 Å². The van der Waals surface area contributed by atoms with Crippen LogP contribution >= 0.6 is 0 Å². The summed E-state index contributed by atoms with van der Waals surface area (Å²) in [6, 6.07) is 6.29. The molecule has 0 spiro atoms. The summed E-state index contributed by atoms with van der Waals surface area (Å²) in [4.78, 5) is 14.9. The molecule has 100 valence electrons. The fourth-order valence-corrected chi connectivity index (χ4v) is 2.44. The molecule has 5 nitrogen and oxygen atoms in total. The van der Waals surface area contributed by atoms with Crippen molar-refractivity contribution in [1.82, 2.24) is 15.0 Å². The number of hydrogen-bond donors (Lipinski definition) is 2. The maximum Gasteiger partial charge on any atom is 0.326 e. The molecule has 0 radical (unpaired) electrons. The lowest BCUT2D eigenvalue weighted by Crippen LogP contribution is -2.26. The highest BCUT2D eigenvalue weighted by Gasteiger charge is 2.23. The first kappa shape index (κ1) is 12.0. The van der Waals surface area contributed by atoms with Crippen molar-refractivity contribution < 1.29 is 0 Å². The molecule has 1 saturated carbocycles. The summed E-state index contributed by atoms with van der Waals surface area (Å²) in [6.45, 7) is 2.80. The highest BCUT2D eigenvalue weighted by Crippen LogP contribution is 2.32. The highest BCUT2D eigenvalue weighted by atomic mass is 16.1. The number of aromatic nitrogens is 2. The molecule has 19 heavy (non-hydrogen) atoms. The van der Waals surface area contributed by atoms with Gasteiger partial charge in [0.1, 0.15) is 0 Å². The van der Waals surface area contributed by atoms with Gasteiger partial charge in [-0.15, -0.1) is 0 Å². The number of nitrogens with zero attached hydrogens (tertiary/aromatic N) is 2. The number of nitrogens with one attached hydrogen (secondary N) is 2. The van der Waals surface area contributed by atoms with Crippen LogP contribution in [0.4, 0.5) is 0 Å². The predicted octanol–water partition coefficient (Wildman–Crippen LogP) is 2.00. The molecule has 2 N–H and O–H groups in total. The summed E-state index contributed by atoms with van der Waals surface area (Å²) in [7, 11) is 0. The van der Waals surface area contributed by atoms with E-state index in [0.29, 0.717) is 6.04 Å². The maximum absolute atomic E-state index is 12.0. The molecular weight excluding hydrogens is 240 g/mol. The number of rotatable bonds is 4. The van der Waals surface area contributed by atoms with E-state index in [1.807, 2.05) is 29.7 Å². The van der Waals surface area contributed by atoms with Gasteiger partial charge >= 0.3 is 5.69 Å². The molecule has 0 amide bonds. The second-order valence-electron chi connectivity index (χ2n) is 4.93. The van der Waals surface area contributed by atoms with Gasteiger partial charge in [0.25, 0.3) is 0 Å². The van der Waals surface area contributed by atoms with Gasteiger partial charge in [0.15, 0.2) is 0 Å². The van der Waals surface area contributed by atoms with Crippen LogP contribution in [-0.4, -0.2) is 22.3 Å². The van der Waals surface area contributed by atoms with Gasteiger partial charge in [-0.25, -0.2) is 4.79 Å². The van der Waals surface area contributed by atoms with E-state index >= 15 is 0 Å². The zero-order valence-electron chi connectivity index (χ0n) is 11.0. The summed E-state index contributed by atoms with van der Waals surface area (Å²) in [5.74, 6) is 0. The number of H-pyrrole nitrogens is 1. The minimum Gasteiger partial charge on any atom is -0.310 e. The third-order valence-electron chi connectivity index (χ3n) is 3.64. The molecule has 1 aromatic carbocycles. The Balaban J connectivity index is 2.02. The van der Waals surface area contributed by atoms with Crippen LogP contribution in [0, 0.1) is 0 Å². The Bertz CT molecular complexity index is 664. The zero-order chi connectivity index (χ0) is 13.2. The van der Waals surface area contributed by atoms with Gasteiger partial charge in [0, 0.05) is 12.6 Å². The minimum atomic E-state index is 0.000437. The van der Waals surface area contributed by atoms with E-state index in [-0.39, 0.29) is 5.69 Å². The van der Waals surface area contributed by atoms with Crippen LogP contribution in [0.15, 0.2) is 28.1 Å². The van der Waals surface area contributed by atoms with E-state index in [1.165, 1.54) is 6.42 Å². The molecule has 1 aromatic heterocycles. The van der Waals surface area contributed by atoms with E-state index in [2.05, 4.69) is 15.5 Å². The quantitative estimate of drug-likeness (QED) is 0.651. The lowest BCUT2D eigenvalue weighted by Gasteiger charge is -2.26. The number of imidazole rings is 1. The number of fused-ring (bicyclic) bond motifs is 1. The van der Waals surface area contributed by atoms with Crippen LogP contribution in [0.3, 0.4) is 0 Å². The second-order valence-corrected chi connectivity index (χ2v) is 4.93. The van der Waals surface area contributed by atoms with Gasteiger partial charge in [-0.2, -0.15) is 5.10 Å². The largest absolute Gasteiger partial charge is 0.326 e. The van der Waals surface area contributed by atoms with Crippen LogP contribution in [0.1, 0.15) is 37.8 Å². The number of aromatic amines is 1. The Morgan fingerprint density at radius 2 is 2.37 bits per heavy atom. The number of hydrazone groups is 1. The first-order valence-corrected chi connectivity index (χ1v) is 6.80. The van der Waals surface area contributed by atoms with Gasteiger partial charge in [-0.05, 0) is 43.9 Å². The van der Waals surface area contributed by atoms with Crippen molar-refractivity contribution in [3.05, 3.63) is 34.2 Å². The molecule has 0 bridgehead atoms. The lowest BCUT2D eigenvalue weighted by molar-refractivity contribution is 0.314. The van der Waals surface area contributed by atoms with Crippen LogP contribution in [0.2, 0.25) is 0 Å². The Morgan fingerprint density at radius 1 is 1.53 bits per heavy atom. The molecule has 1 fully saturated rings. The summed E-state index contributed by atoms with van der Waals surface area (Å²) in [6.07, 6.45) is 5.20. The van der Waals surface area contributed by atoms with Crippen molar-refractivity contribution >= 4 is 17.2 Å². The van der Waals surface area contributed by atoms with E-state index in [0.717, 1.165) is 36.0 Å². The van der Waals surface area contributed by atoms with Crippen molar-refractivity contribution in [2.45, 2.75) is 32.2 Å². The number of hydrogen-bond acceptors (Lipinski definition) is 3. The van der Waals surface area contributed by atoms with Gasteiger partial charge in [-0.1, -0.05) is 6.07 Å². The molecule has 3 rings (SSSR count). The standard InChI is InChI=1S/C14H18N4O/c1-2-15-16-9-10-6-7-12-13(8-10)18(14(19)17-12)11-4-3-5-11/h6-9,11,15H,2-5H2,1H3,(H,17,19)/b16-9+. The van der Waals surface area contributed by atoms with Crippen molar-refractivity contribution in [1.29, 1.82) is 0 Å². The fraction of sp³-hybridized carbons (Fsp3) is 0.429. The lowest BCUT2D eigenvalue weighted by atomic mass is 9.93. The maximum atomic E-state index is 12.0. The molecule has 1 aliphatic rings. The molecule has 0 saturated heterocycles. The fourth-order valence-electron chi connectivity index (χ4n) is 2.44. The van der Waals surface area contributed by atoms with Crippen LogP contribution in [-0.2, 0) is 0 Å². The van der Waals surface area contributed by atoms with E-state index in [4.69, 9.17) is 0 Å². The third kappa shape index (κ3) is 2.16. The summed E-state index contributed by atoms with van der Waals surface area (Å²) < 4.78 is 1.89. The van der Waals surface area contributed by atoms with Crippen molar-refractivity contribution in [3.8, 4) is 0 Å². The van der Waals surface area contributed by atoms with E-state index in [9.17, 15) is 4.79 Å². The summed E-state index contributed by atoms with van der Waals surface area (Å²) in [5, 5.41) is 4.11. The Morgan fingerprint density at radius 3 is 3.05 bits per heavy atom. The molecule has 0 unspecified atom stereocenters. The number of benzene rings is 1. The smallest absolute Gasteiger partial charge is 0.310 e. The highest BCUT2D eigenvalue weighted by molar-refractivity contribution is 5.87. The Hall–Kier alpha value is -2.04. The molecule has 2 aromatic rings. The third-order valence-corrected chi connectivity index (χ3v) is 3.64. The van der Waals surface area contributed by atoms with Gasteiger partial charge in [0.05, 0.1) is 17.2 Å². The van der Waals surface area contributed by atoms with Gasteiger partial charge in [-0.3, -0.25) is 4.57 Å². The normalized spacial score (nSPS) is 16.1. The molecule has 0 atom stereocenters. The van der Waals surface area contributed by atoms with Crippen molar-refractivity contribution in [2.75, 3.05) is 6.54 Å². The van der Waals surface area contributed by atoms with Crippen LogP contribution < -0.4 is 11.1 Å². The van der Waals surface area contributed by atoms with Crippen molar-refractivity contribution in [2.24, 2.45) is 5.10 Å². The average Bonchev–Trinajstić information content (AvgIpc) is 2.65. The van der Waals surface area contributed by atoms with E-state index in [1.54, 1.807) is 6.21 Å². The van der Waals surface area contributed by atoms with Crippen LogP contribution in [0.5, 0.6) is 0 Å². The summed E-state index contributed by atoms with van der Waals surface area (Å²) in [5.41, 5.74) is 5.79. The predicted molar refractivity (Wildman–Crippen MR) is 76.7 cm³/mol. The average molecular weight is 258 g/mol. The molecule has 1 aliphatic carbocycles. The van der Waals surface area contributed by atoms with Crippen LogP contribution in [0.25, 0.3) is 11.0 Å². The summed E-state index contributed by atoms with van der Waals surface area (Å²) >= 11 is 0. The van der Waals surface area contributed by atoms with Gasteiger partial charge < -0.3 is 10.4 Å². The monoisotopic (exact) mass is 258 g/mol. The minimum absolute atomic E-state index is 0.000437.